The summed E-state index contributed by atoms with van der Waals surface area (Å²) in [6.07, 6.45) is 5.40. The Bertz CT molecular complexity index is 712. The van der Waals surface area contributed by atoms with Crippen LogP contribution in [0.25, 0.3) is 11.3 Å². The second kappa shape index (κ2) is 6.64. The molecule has 2 heterocycles. The first kappa shape index (κ1) is 15.3. The van der Waals surface area contributed by atoms with Gasteiger partial charge < -0.3 is 15.2 Å². The number of hydrogen-bond donors (Lipinski definition) is 2. The molecule has 6 heteroatoms. The quantitative estimate of drug-likeness (QED) is 0.906. The molecular formula is C17H20N4O2. The van der Waals surface area contributed by atoms with Crippen molar-refractivity contribution in [2.45, 2.75) is 32.7 Å². The van der Waals surface area contributed by atoms with Crippen molar-refractivity contribution in [2.75, 3.05) is 11.9 Å². The number of carbonyl (C=O) groups is 2. The highest BCUT2D eigenvalue weighted by molar-refractivity contribution is 5.97. The molecule has 0 saturated carbocycles. The molecule has 0 bridgehead atoms. The summed E-state index contributed by atoms with van der Waals surface area (Å²) in [5.74, 6) is 0.623. The van der Waals surface area contributed by atoms with Gasteiger partial charge in [-0.15, -0.1) is 0 Å². The summed E-state index contributed by atoms with van der Waals surface area (Å²) in [4.78, 5) is 27.5. The second-order valence-corrected chi connectivity index (χ2v) is 5.70. The second-order valence-electron chi connectivity index (χ2n) is 5.70. The highest BCUT2D eigenvalue weighted by Gasteiger charge is 2.16. The number of imidazole rings is 1. The number of rotatable bonds is 4. The number of amides is 2. The largest absolute Gasteiger partial charge is 0.347 e. The molecule has 0 aliphatic carbocycles. The van der Waals surface area contributed by atoms with Gasteiger partial charge in [0.15, 0.2) is 0 Å². The van der Waals surface area contributed by atoms with Gasteiger partial charge in [-0.2, -0.15) is 0 Å². The van der Waals surface area contributed by atoms with Crippen molar-refractivity contribution in [1.82, 2.24) is 14.9 Å². The zero-order valence-electron chi connectivity index (χ0n) is 13.1. The average Bonchev–Trinajstić information content (AvgIpc) is 2.97. The zero-order chi connectivity index (χ0) is 16.2. The van der Waals surface area contributed by atoms with Crippen LogP contribution in [0.1, 0.15) is 25.6 Å². The minimum atomic E-state index is -0.253. The molecule has 0 atom stereocenters. The lowest BCUT2D eigenvalue weighted by Crippen LogP contribution is -2.31. The summed E-state index contributed by atoms with van der Waals surface area (Å²) in [6.45, 7) is 2.35. The van der Waals surface area contributed by atoms with E-state index in [1.54, 1.807) is 0 Å². The van der Waals surface area contributed by atoms with Crippen molar-refractivity contribution in [3.63, 3.8) is 0 Å². The minimum Gasteiger partial charge on any atom is -0.347 e. The summed E-state index contributed by atoms with van der Waals surface area (Å²) in [5, 5.41) is 5.34. The highest BCUT2D eigenvalue weighted by Crippen LogP contribution is 2.28. The lowest BCUT2D eigenvalue weighted by Gasteiger charge is -2.11. The standard InChI is InChI=1S/C17H20N4O2/c1-12(22)18-10-17(23)20-14-7-3-2-6-13(14)15-11-21-9-5-4-8-16(21)19-15/h2-3,6-7,11H,4-5,8-10H2,1H3,(H,18,22)(H,20,23). The van der Waals surface area contributed by atoms with Crippen LogP contribution in [0.15, 0.2) is 30.5 Å². The Labute approximate surface area is 134 Å². The third-order valence-corrected chi connectivity index (χ3v) is 3.88. The molecule has 1 aliphatic rings. The summed E-state index contributed by atoms with van der Waals surface area (Å²) in [7, 11) is 0. The van der Waals surface area contributed by atoms with Crippen LogP contribution in [-0.2, 0) is 22.6 Å². The zero-order valence-corrected chi connectivity index (χ0v) is 13.1. The molecule has 0 unspecified atom stereocenters. The SMILES string of the molecule is CC(=O)NCC(=O)Nc1ccccc1-c1cn2c(n1)CCCC2. The van der Waals surface area contributed by atoms with E-state index in [1.807, 2.05) is 30.5 Å². The number of hydrogen-bond acceptors (Lipinski definition) is 3. The predicted octanol–water partition coefficient (Wildman–Crippen LogP) is 1.96. The Balaban J connectivity index is 1.81. The molecule has 0 radical (unpaired) electrons. The van der Waals surface area contributed by atoms with Gasteiger partial charge in [-0.1, -0.05) is 18.2 Å². The van der Waals surface area contributed by atoms with Gasteiger partial charge in [-0.25, -0.2) is 4.98 Å². The molecule has 1 aromatic heterocycles. The van der Waals surface area contributed by atoms with E-state index in [-0.39, 0.29) is 18.4 Å². The average molecular weight is 312 g/mol. The number of aromatic nitrogens is 2. The van der Waals surface area contributed by atoms with Crippen LogP contribution in [0.5, 0.6) is 0 Å². The third-order valence-electron chi connectivity index (χ3n) is 3.88. The van der Waals surface area contributed by atoms with Crippen LogP contribution in [0.4, 0.5) is 5.69 Å². The molecule has 1 aromatic carbocycles. The van der Waals surface area contributed by atoms with E-state index < -0.39 is 0 Å². The fourth-order valence-electron chi connectivity index (χ4n) is 2.76. The fourth-order valence-corrected chi connectivity index (χ4v) is 2.76. The van der Waals surface area contributed by atoms with Gasteiger partial charge >= 0.3 is 0 Å². The molecule has 0 fully saturated rings. The summed E-state index contributed by atoms with van der Waals surface area (Å²) >= 11 is 0. The summed E-state index contributed by atoms with van der Waals surface area (Å²) < 4.78 is 2.19. The van der Waals surface area contributed by atoms with Crippen LogP contribution in [0, 0.1) is 0 Å². The Morgan fingerprint density at radius 2 is 2.09 bits per heavy atom. The number of benzene rings is 1. The van der Waals surface area contributed by atoms with E-state index >= 15 is 0 Å². The first-order chi connectivity index (χ1) is 11.1. The van der Waals surface area contributed by atoms with E-state index in [4.69, 9.17) is 4.98 Å². The van der Waals surface area contributed by atoms with E-state index in [0.717, 1.165) is 30.0 Å². The molecule has 23 heavy (non-hydrogen) atoms. The van der Waals surface area contributed by atoms with Crippen molar-refractivity contribution in [2.24, 2.45) is 0 Å². The van der Waals surface area contributed by atoms with Gasteiger partial charge in [0.25, 0.3) is 0 Å². The molecule has 3 rings (SSSR count). The van der Waals surface area contributed by atoms with E-state index in [1.165, 1.54) is 19.8 Å². The fraction of sp³-hybridized carbons (Fsp3) is 0.353. The first-order valence-electron chi connectivity index (χ1n) is 7.83. The maximum Gasteiger partial charge on any atom is 0.243 e. The van der Waals surface area contributed by atoms with Gasteiger partial charge in [-0.05, 0) is 18.9 Å². The molecule has 1 aliphatic heterocycles. The molecular weight excluding hydrogens is 292 g/mol. The Morgan fingerprint density at radius 1 is 1.26 bits per heavy atom. The Kier molecular flexibility index (Phi) is 4.41. The summed E-state index contributed by atoms with van der Waals surface area (Å²) in [6, 6.07) is 7.59. The topological polar surface area (TPSA) is 76.0 Å². The summed E-state index contributed by atoms with van der Waals surface area (Å²) in [5.41, 5.74) is 2.47. The first-order valence-corrected chi connectivity index (χ1v) is 7.83. The van der Waals surface area contributed by atoms with Gasteiger partial charge in [0.05, 0.1) is 17.9 Å². The predicted molar refractivity (Wildman–Crippen MR) is 87.9 cm³/mol. The number of carbonyl (C=O) groups excluding carboxylic acids is 2. The normalized spacial score (nSPS) is 13.3. The number of fused-ring (bicyclic) bond motifs is 1. The smallest absolute Gasteiger partial charge is 0.243 e. The Morgan fingerprint density at radius 3 is 2.87 bits per heavy atom. The lowest BCUT2D eigenvalue weighted by molar-refractivity contribution is -0.122. The number of nitrogens with zero attached hydrogens (tertiary/aromatic N) is 2. The third kappa shape index (κ3) is 3.59. The molecule has 2 N–H and O–H groups in total. The van der Waals surface area contributed by atoms with Gasteiger partial charge in [0.1, 0.15) is 5.82 Å². The van der Waals surface area contributed by atoms with Gasteiger partial charge in [0, 0.05) is 31.6 Å². The van der Waals surface area contributed by atoms with Crippen LogP contribution >= 0.6 is 0 Å². The molecule has 2 aromatic rings. The number of para-hydroxylation sites is 1. The van der Waals surface area contributed by atoms with Crippen molar-refractivity contribution >= 4 is 17.5 Å². The minimum absolute atomic E-state index is 0.0383. The van der Waals surface area contributed by atoms with Gasteiger partial charge in [-0.3, -0.25) is 9.59 Å². The van der Waals surface area contributed by atoms with E-state index in [9.17, 15) is 9.59 Å². The van der Waals surface area contributed by atoms with Crippen LogP contribution < -0.4 is 10.6 Å². The van der Waals surface area contributed by atoms with Gasteiger partial charge in [0.2, 0.25) is 11.8 Å². The van der Waals surface area contributed by atoms with Crippen molar-refractivity contribution in [3.8, 4) is 11.3 Å². The molecule has 2 amide bonds. The lowest BCUT2D eigenvalue weighted by atomic mass is 10.1. The van der Waals surface area contributed by atoms with Crippen LogP contribution in [0.2, 0.25) is 0 Å². The van der Waals surface area contributed by atoms with Crippen molar-refractivity contribution < 1.29 is 9.59 Å². The molecule has 6 nitrogen and oxygen atoms in total. The highest BCUT2D eigenvalue weighted by atomic mass is 16.2. The number of aryl methyl sites for hydroxylation is 2. The van der Waals surface area contributed by atoms with E-state index in [0.29, 0.717) is 5.69 Å². The molecule has 120 valence electrons. The van der Waals surface area contributed by atoms with E-state index in [2.05, 4.69) is 15.2 Å². The van der Waals surface area contributed by atoms with Crippen molar-refractivity contribution in [1.29, 1.82) is 0 Å². The monoisotopic (exact) mass is 312 g/mol. The van der Waals surface area contributed by atoms with Crippen LogP contribution in [0.3, 0.4) is 0 Å². The molecule has 0 saturated heterocycles. The Hall–Kier alpha value is -2.63. The van der Waals surface area contributed by atoms with Crippen LogP contribution in [-0.4, -0.2) is 27.9 Å². The number of nitrogens with one attached hydrogen (secondary N) is 2. The maximum atomic E-state index is 11.9. The van der Waals surface area contributed by atoms with Crippen molar-refractivity contribution in [3.05, 3.63) is 36.3 Å². The number of anilines is 1. The molecule has 0 spiro atoms. The maximum absolute atomic E-state index is 11.9.